The fourth-order valence-corrected chi connectivity index (χ4v) is 2.55. The van der Waals surface area contributed by atoms with Crippen molar-refractivity contribution >= 4 is 11.8 Å². The van der Waals surface area contributed by atoms with Crippen LogP contribution in [0, 0.1) is 5.92 Å². The van der Waals surface area contributed by atoms with E-state index in [1.807, 2.05) is 35.2 Å². The molecule has 1 saturated carbocycles. The summed E-state index contributed by atoms with van der Waals surface area (Å²) in [5.41, 5.74) is 0.960. The van der Waals surface area contributed by atoms with E-state index in [4.69, 9.17) is 0 Å². The molecule has 0 spiro atoms. The molecule has 120 valence electrons. The Balaban J connectivity index is 1.84. The summed E-state index contributed by atoms with van der Waals surface area (Å²) in [6.07, 6.45) is 2.48. The molecule has 1 N–H and O–H groups in total. The molecule has 2 rings (SSSR count). The van der Waals surface area contributed by atoms with Crippen LogP contribution in [-0.2, 0) is 16.0 Å². The fraction of sp³-hybridized carbons (Fsp3) is 0.556. The van der Waals surface area contributed by atoms with Gasteiger partial charge in [-0.15, -0.1) is 0 Å². The summed E-state index contributed by atoms with van der Waals surface area (Å²) in [6, 6.07) is 10.2. The minimum Gasteiger partial charge on any atom is -0.347 e. The Morgan fingerprint density at radius 2 is 1.82 bits per heavy atom. The van der Waals surface area contributed by atoms with Crippen LogP contribution in [0.15, 0.2) is 30.3 Å². The van der Waals surface area contributed by atoms with Crippen LogP contribution in [-0.4, -0.2) is 35.3 Å². The lowest BCUT2D eigenvalue weighted by Crippen LogP contribution is -2.47. The molecule has 0 aromatic heterocycles. The number of benzene rings is 1. The predicted octanol–water partition coefficient (Wildman–Crippen LogP) is 2.38. The van der Waals surface area contributed by atoms with Gasteiger partial charge < -0.3 is 10.2 Å². The predicted molar refractivity (Wildman–Crippen MR) is 87.3 cm³/mol. The smallest absolute Gasteiger partial charge is 0.242 e. The first-order valence-electron chi connectivity index (χ1n) is 8.11. The molecule has 2 amide bonds. The Labute approximate surface area is 132 Å². The number of hydrogen-bond acceptors (Lipinski definition) is 2. The van der Waals surface area contributed by atoms with E-state index in [9.17, 15) is 9.59 Å². The fourth-order valence-electron chi connectivity index (χ4n) is 2.55. The van der Waals surface area contributed by atoms with Crippen molar-refractivity contribution in [1.82, 2.24) is 10.2 Å². The van der Waals surface area contributed by atoms with Crippen molar-refractivity contribution in [2.45, 2.75) is 52.1 Å². The maximum atomic E-state index is 12.4. The SMILES string of the molecule is CC(C)[C@@H](C)N(C(=O)CNC(=O)Cc1ccccc1)C1CC1. The van der Waals surface area contributed by atoms with Crippen molar-refractivity contribution in [3.05, 3.63) is 35.9 Å². The van der Waals surface area contributed by atoms with Crippen LogP contribution >= 0.6 is 0 Å². The van der Waals surface area contributed by atoms with Crippen molar-refractivity contribution in [1.29, 1.82) is 0 Å². The van der Waals surface area contributed by atoms with Gasteiger partial charge in [-0.05, 0) is 31.2 Å². The summed E-state index contributed by atoms with van der Waals surface area (Å²) >= 11 is 0. The molecule has 0 bridgehead atoms. The molecular formula is C18H26N2O2. The number of nitrogens with one attached hydrogen (secondary N) is 1. The molecule has 0 radical (unpaired) electrons. The van der Waals surface area contributed by atoms with Gasteiger partial charge in [-0.3, -0.25) is 9.59 Å². The molecule has 1 aliphatic carbocycles. The van der Waals surface area contributed by atoms with Crippen molar-refractivity contribution in [2.75, 3.05) is 6.54 Å². The number of amides is 2. The molecular weight excluding hydrogens is 276 g/mol. The summed E-state index contributed by atoms with van der Waals surface area (Å²) in [6.45, 7) is 6.44. The number of carbonyl (C=O) groups excluding carboxylic acids is 2. The van der Waals surface area contributed by atoms with Crippen LogP contribution < -0.4 is 5.32 Å². The molecule has 4 heteroatoms. The highest BCUT2D eigenvalue weighted by molar-refractivity contribution is 5.86. The maximum absolute atomic E-state index is 12.4. The van der Waals surface area contributed by atoms with E-state index in [1.54, 1.807) is 0 Å². The summed E-state index contributed by atoms with van der Waals surface area (Å²) < 4.78 is 0. The third kappa shape index (κ3) is 4.58. The molecule has 1 atom stereocenters. The molecule has 1 aromatic carbocycles. The molecule has 1 aliphatic rings. The lowest BCUT2D eigenvalue weighted by molar-refractivity contribution is -0.135. The third-order valence-corrected chi connectivity index (χ3v) is 4.28. The van der Waals surface area contributed by atoms with Gasteiger partial charge in [-0.2, -0.15) is 0 Å². The minimum absolute atomic E-state index is 0.0325. The average molecular weight is 302 g/mol. The zero-order chi connectivity index (χ0) is 16.1. The molecule has 0 heterocycles. The van der Waals surface area contributed by atoms with E-state index >= 15 is 0 Å². The third-order valence-electron chi connectivity index (χ3n) is 4.28. The van der Waals surface area contributed by atoms with Gasteiger partial charge in [0.25, 0.3) is 0 Å². The van der Waals surface area contributed by atoms with Gasteiger partial charge in [-0.1, -0.05) is 44.2 Å². The highest BCUT2D eigenvalue weighted by atomic mass is 16.2. The van der Waals surface area contributed by atoms with E-state index in [0.717, 1.165) is 18.4 Å². The first-order chi connectivity index (χ1) is 10.5. The molecule has 1 fully saturated rings. The highest BCUT2D eigenvalue weighted by Crippen LogP contribution is 2.30. The van der Waals surface area contributed by atoms with Gasteiger partial charge in [0.05, 0.1) is 13.0 Å². The number of carbonyl (C=O) groups is 2. The van der Waals surface area contributed by atoms with E-state index in [-0.39, 0.29) is 24.4 Å². The van der Waals surface area contributed by atoms with Gasteiger partial charge >= 0.3 is 0 Å². The van der Waals surface area contributed by atoms with Crippen molar-refractivity contribution in [3.8, 4) is 0 Å². The van der Waals surface area contributed by atoms with Crippen LogP contribution in [0.3, 0.4) is 0 Å². The topological polar surface area (TPSA) is 49.4 Å². The van der Waals surface area contributed by atoms with Crippen molar-refractivity contribution in [3.63, 3.8) is 0 Å². The molecule has 1 aromatic rings. The van der Waals surface area contributed by atoms with Crippen LogP contribution in [0.25, 0.3) is 0 Å². The zero-order valence-corrected chi connectivity index (χ0v) is 13.7. The van der Waals surface area contributed by atoms with Crippen molar-refractivity contribution in [2.24, 2.45) is 5.92 Å². The van der Waals surface area contributed by atoms with Gasteiger partial charge in [-0.25, -0.2) is 0 Å². The second kappa shape index (κ2) is 7.43. The number of nitrogens with zero attached hydrogens (tertiary/aromatic N) is 1. The Morgan fingerprint density at radius 3 is 2.36 bits per heavy atom. The molecule has 0 unspecified atom stereocenters. The van der Waals surface area contributed by atoms with Gasteiger partial charge in [0.1, 0.15) is 0 Å². The Morgan fingerprint density at radius 1 is 1.18 bits per heavy atom. The Kier molecular flexibility index (Phi) is 5.58. The van der Waals surface area contributed by atoms with E-state index in [1.165, 1.54) is 0 Å². The van der Waals surface area contributed by atoms with Crippen LogP contribution in [0.1, 0.15) is 39.2 Å². The monoisotopic (exact) mass is 302 g/mol. The van der Waals surface area contributed by atoms with Crippen LogP contribution in [0.2, 0.25) is 0 Å². The van der Waals surface area contributed by atoms with E-state index in [2.05, 4.69) is 26.1 Å². The average Bonchev–Trinajstić information content (AvgIpc) is 3.31. The molecule has 22 heavy (non-hydrogen) atoms. The quantitative estimate of drug-likeness (QED) is 0.840. The van der Waals surface area contributed by atoms with Crippen LogP contribution in [0.4, 0.5) is 0 Å². The van der Waals surface area contributed by atoms with Gasteiger partial charge in [0, 0.05) is 12.1 Å². The van der Waals surface area contributed by atoms with Crippen molar-refractivity contribution < 1.29 is 9.59 Å². The normalized spacial score (nSPS) is 15.5. The van der Waals surface area contributed by atoms with Gasteiger partial charge in [0.15, 0.2) is 0 Å². The Hall–Kier alpha value is -1.84. The van der Waals surface area contributed by atoms with E-state index in [0.29, 0.717) is 18.4 Å². The molecule has 0 saturated heterocycles. The van der Waals surface area contributed by atoms with Crippen LogP contribution in [0.5, 0.6) is 0 Å². The maximum Gasteiger partial charge on any atom is 0.242 e. The first kappa shape index (κ1) is 16.5. The summed E-state index contributed by atoms with van der Waals surface area (Å²) in [5, 5.41) is 2.76. The lowest BCUT2D eigenvalue weighted by atomic mass is 10.0. The second-order valence-corrected chi connectivity index (χ2v) is 6.46. The largest absolute Gasteiger partial charge is 0.347 e. The second-order valence-electron chi connectivity index (χ2n) is 6.46. The minimum atomic E-state index is -0.104. The first-order valence-corrected chi connectivity index (χ1v) is 8.11. The lowest BCUT2D eigenvalue weighted by Gasteiger charge is -2.32. The van der Waals surface area contributed by atoms with E-state index < -0.39 is 0 Å². The summed E-state index contributed by atoms with van der Waals surface area (Å²) in [4.78, 5) is 26.4. The zero-order valence-electron chi connectivity index (χ0n) is 13.7. The molecule has 0 aliphatic heterocycles. The number of rotatable bonds is 7. The summed E-state index contributed by atoms with van der Waals surface area (Å²) in [5.74, 6) is 0.349. The highest BCUT2D eigenvalue weighted by Gasteiger charge is 2.36. The summed E-state index contributed by atoms with van der Waals surface area (Å²) in [7, 11) is 0. The Bertz CT molecular complexity index is 509. The van der Waals surface area contributed by atoms with Gasteiger partial charge in [0.2, 0.25) is 11.8 Å². The molecule has 4 nitrogen and oxygen atoms in total. The standard InChI is InChI=1S/C18H26N2O2/c1-13(2)14(3)20(16-9-10-16)18(22)12-19-17(21)11-15-7-5-4-6-8-15/h4-8,13-14,16H,9-12H2,1-3H3,(H,19,21)/t14-/m1/s1. The number of hydrogen-bond donors (Lipinski definition) is 1.